The Hall–Kier alpha value is -3.51. The Morgan fingerprint density at radius 3 is 2.42 bits per heavy atom. The van der Waals surface area contributed by atoms with Crippen LogP contribution in [-0.4, -0.2) is 23.3 Å². The van der Waals surface area contributed by atoms with Crippen molar-refractivity contribution in [3.63, 3.8) is 0 Å². The van der Waals surface area contributed by atoms with Crippen molar-refractivity contribution in [2.45, 2.75) is 13.8 Å². The van der Waals surface area contributed by atoms with Gasteiger partial charge in [0.05, 0.1) is 23.4 Å². The second kappa shape index (κ2) is 8.70. The molecule has 0 radical (unpaired) electrons. The molecule has 1 heterocycles. The molecule has 3 aromatic carbocycles. The summed E-state index contributed by atoms with van der Waals surface area (Å²) in [6, 6.07) is 20.6. The Balaban J connectivity index is 1.81. The first-order chi connectivity index (χ1) is 15.0. The van der Waals surface area contributed by atoms with E-state index in [0.717, 1.165) is 28.1 Å². The van der Waals surface area contributed by atoms with Crippen LogP contribution >= 0.6 is 11.8 Å². The van der Waals surface area contributed by atoms with Gasteiger partial charge in [0.15, 0.2) is 16.7 Å². The Morgan fingerprint density at radius 2 is 1.71 bits per heavy atom. The van der Waals surface area contributed by atoms with E-state index >= 15 is 0 Å². The van der Waals surface area contributed by atoms with E-state index in [1.54, 1.807) is 29.2 Å². The Labute approximate surface area is 185 Å². The number of anilines is 1. The van der Waals surface area contributed by atoms with Crippen LogP contribution in [0.2, 0.25) is 0 Å². The standard InChI is InChI=1S/C25H22N2O3S/c1-16-8-4-6-10-19(16)26-25-27(20-11-7-5-9-17(20)2)24(29)23(31-25)15-18-12-13-21(28)22(14-18)30-3/h4-15,28H,1-3H3. The first-order valence-corrected chi connectivity index (χ1v) is 10.6. The third kappa shape index (κ3) is 4.20. The molecule has 0 spiro atoms. The molecule has 0 aromatic heterocycles. The second-order valence-electron chi connectivity index (χ2n) is 7.15. The summed E-state index contributed by atoms with van der Waals surface area (Å²) in [4.78, 5) is 20.5. The van der Waals surface area contributed by atoms with E-state index < -0.39 is 0 Å². The van der Waals surface area contributed by atoms with Crippen molar-refractivity contribution >= 4 is 40.3 Å². The normalized spacial score (nSPS) is 16.4. The number of benzene rings is 3. The number of rotatable bonds is 4. The number of aliphatic imine (C=N–C) groups is 1. The van der Waals surface area contributed by atoms with Crippen LogP contribution in [0.3, 0.4) is 0 Å². The van der Waals surface area contributed by atoms with E-state index in [1.807, 2.05) is 62.4 Å². The minimum absolute atomic E-state index is 0.0541. The molecule has 1 amide bonds. The molecule has 156 valence electrons. The van der Waals surface area contributed by atoms with E-state index in [9.17, 15) is 9.90 Å². The summed E-state index contributed by atoms with van der Waals surface area (Å²) in [7, 11) is 1.49. The van der Waals surface area contributed by atoms with E-state index in [-0.39, 0.29) is 11.7 Å². The van der Waals surface area contributed by atoms with Gasteiger partial charge in [-0.25, -0.2) is 4.99 Å². The van der Waals surface area contributed by atoms with E-state index in [4.69, 9.17) is 9.73 Å². The topological polar surface area (TPSA) is 62.1 Å². The van der Waals surface area contributed by atoms with Crippen LogP contribution in [0.1, 0.15) is 16.7 Å². The van der Waals surface area contributed by atoms with Crippen molar-refractivity contribution in [2.75, 3.05) is 12.0 Å². The number of ether oxygens (including phenoxy) is 1. The highest BCUT2D eigenvalue weighted by Crippen LogP contribution is 2.39. The number of aromatic hydroxyl groups is 1. The van der Waals surface area contributed by atoms with Crippen LogP contribution in [0, 0.1) is 13.8 Å². The molecule has 6 heteroatoms. The van der Waals surface area contributed by atoms with Gasteiger partial charge >= 0.3 is 0 Å². The lowest BCUT2D eigenvalue weighted by molar-refractivity contribution is -0.113. The minimum Gasteiger partial charge on any atom is -0.504 e. The number of carbonyl (C=O) groups is 1. The average molecular weight is 431 g/mol. The lowest BCUT2D eigenvalue weighted by Gasteiger charge is -2.18. The molecule has 4 rings (SSSR count). The molecule has 5 nitrogen and oxygen atoms in total. The quantitative estimate of drug-likeness (QED) is 0.529. The van der Waals surface area contributed by atoms with Crippen LogP contribution in [0.25, 0.3) is 6.08 Å². The maximum atomic E-state index is 13.4. The SMILES string of the molecule is COc1cc(C=C2SC(=Nc3ccccc3C)N(c3ccccc3C)C2=O)ccc1O. The molecule has 0 saturated carbocycles. The van der Waals surface area contributed by atoms with Crippen molar-refractivity contribution in [1.29, 1.82) is 0 Å². The van der Waals surface area contributed by atoms with Gasteiger partial charge in [-0.2, -0.15) is 0 Å². The Bertz CT molecular complexity index is 1220. The van der Waals surface area contributed by atoms with E-state index in [1.165, 1.54) is 18.9 Å². The van der Waals surface area contributed by atoms with Gasteiger partial charge in [0.25, 0.3) is 5.91 Å². The smallest absolute Gasteiger partial charge is 0.271 e. The molecule has 0 atom stereocenters. The lowest BCUT2D eigenvalue weighted by atomic mass is 10.1. The highest BCUT2D eigenvalue weighted by molar-refractivity contribution is 8.19. The number of thioether (sulfide) groups is 1. The zero-order chi connectivity index (χ0) is 22.0. The van der Waals surface area contributed by atoms with Crippen molar-refractivity contribution in [3.05, 3.63) is 88.3 Å². The third-order valence-electron chi connectivity index (χ3n) is 5.00. The first-order valence-electron chi connectivity index (χ1n) is 9.79. The zero-order valence-electron chi connectivity index (χ0n) is 17.5. The average Bonchev–Trinajstić information content (AvgIpc) is 3.06. The maximum Gasteiger partial charge on any atom is 0.271 e. The maximum absolute atomic E-state index is 13.4. The highest BCUT2D eigenvalue weighted by Gasteiger charge is 2.35. The van der Waals surface area contributed by atoms with Gasteiger partial charge in [-0.15, -0.1) is 0 Å². The molecule has 1 saturated heterocycles. The number of phenols is 1. The monoisotopic (exact) mass is 430 g/mol. The summed E-state index contributed by atoms with van der Waals surface area (Å²) in [5.74, 6) is 0.270. The van der Waals surface area contributed by atoms with Gasteiger partial charge in [-0.1, -0.05) is 42.5 Å². The van der Waals surface area contributed by atoms with Crippen LogP contribution in [0.4, 0.5) is 11.4 Å². The summed E-state index contributed by atoms with van der Waals surface area (Å²) in [5, 5.41) is 10.5. The number of aryl methyl sites for hydroxylation is 2. The lowest BCUT2D eigenvalue weighted by Crippen LogP contribution is -2.29. The first kappa shape index (κ1) is 20.8. The summed E-state index contributed by atoms with van der Waals surface area (Å²) in [6.07, 6.45) is 1.79. The molecule has 1 aliphatic heterocycles. The van der Waals surface area contributed by atoms with Crippen LogP contribution in [-0.2, 0) is 4.79 Å². The van der Waals surface area contributed by atoms with E-state index in [2.05, 4.69) is 0 Å². The molecule has 0 unspecified atom stereocenters. The Kier molecular flexibility index (Phi) is 5.82. The molecule has 31 heavy (non-hydrogen) atoms. The number of amides is 1. The predicted molar refractivity (Wildman–Crippen MR) is 127 cm³/mol. The van der Waals surface area contributed by atoms with Gasteiger partial charge in [-0.3, -0.25) is 9.69 Å². The van der Waals surface area contributed by atoms with Crippen LogP contribution < -0.4 is 9.64 Å². The number of phenolic OH excluding ortho intramolecular Hbond substituents is 1. The number of methoxy groups -OCH3 is 1. The van der Waals surface area contributed by atoms with Crippen molar-refractivity contribution in [2.24, 2.45) is 4.99 Å². The molecule has 0 bridgehead atoms. The number of amidine groups is 1. The highest BCUT2D eigenvalue weighted by atomic mass is 32.2. The molecular formula is C25H22N2O3S. The van der Waals surface area contributed by atoms with Crippen molar-refractivity contribution in [1.82, 2.24) is 0 Å². The predicted octanol–water partition coefficient (Wildman–Crippen LogP) is 5.83. The number of para-hydroxylation sites is 2. The van der Waals surface area contributed by atoms with Crippen LogP contribution in [0.5, 0.6) is 11.5 Å². The number of carbonyl (C=O) groups excluding carboxylic acids is 1. The van der Waals surface area contributed by atoms with Gasteiger partial charge < -0.3 is 9.84 Å². The molecule has 1 N–H and O–H groups in total. The van der Waals surface area contributed by atoms with E-state index in [0.29, 0.717) is 15.8 Å². The van der Waals surface area contributed by atoms with Crippen molar-refractivity contribution in [3.8, 4) is 11.5 Å². The molecule has 1 fully saturated rings. The third-order valence-corrected chi connectivity index (χ3v) is 5.96. The Morgan fingerprint density at radius 1 is 1.00 bits per heavy atom. The fourth-order valence-electron chi connectivity index (χ4n) is 3.30. The van der Waals surface area contributed by atoms with Crippen molar-refractivity contribution < 1.29 is 14.6 Å². The summed E-state index contributed by atoms with van der Waals surface area (Å²) in [6.45, 7) is 3.98. The molecule has 3 aromatic rings. The van der Waals surface area contributed by atoms with Gasteiger partial charge in [-0.05, 0) is 72.6 Å². The summed E-state index contributed by atoms with van der Waals surface area (Å²) in [5.41, 5.74) is 4.41. The molecule has 1 aliphatic rings. The van der Waals surface area contributed by atoms with Gasteiger partial charge in [0.2, 0.25) is 0 Å². The number of hydrogen-bond acceptors (Lipinski definition) is 5. The summed E-state index contributed by atoms with van der Waals surface area (Å²) < 4.78 is 5.19. The second-order valence-corrected chi connectivity index (χ2v) is 8.16. The summed E-state index contributed by atoms with van der Waals surface area (Å²) >= 11 is 1.33. The zero-order valence-corrected chi connectivity index (χ0v) is 18.3. The molecule has 0 aliphatic carbocycles. The van der Waals surface area contributed by atoms with Gasteiger partial charge in [0, 0.05) is 0 Å². The molecular weight excluding hydrogens is 408 g/mol. The fourth-order valence-corrected chi connectivity index (χ4v) is 4.29. The number of hydrogen-bond donors (Lipinski definition) is 1. The number of nitrogens with zero attached hydrogens (tertiary/aromatic N) is 2. The van der Waals surface area contributed by atoms with Gasteiger partial charge in [0.1, 0.15) is 0 Å². The van der Waals surface area contributed by atoms with Crippen LogP contribution in [0.15, 0.2) is 76.6 Å². The largest absolute Gasteiger partial charge is 0.504 e. The fraction of sp³-hybridized carbons (Fsp3) is 0.120. The minimum atomic E-state index is -0.140.